The van der Waals surface area contributed by atoms with Crippen molar-refractivity contribution >= 4 is 21.5 Å². The Morgan fingerprint density at radius 2 is 0.706 bits per heavy atom. The van der Waals surface area contributed by atoms with Gasteiger partial charge < -0.3 is 10.2 Å². The molecule has 0 radical (unpaired) electrons. The lowest BCUT2D eigenvalue weighted by Gasteiger charge is -2.14. The number of aromatic hydroxyl groups is 2. The number of hydrogen-bond acceptors (Lipinski definition) is 2. The molecular weight excluding hydrogens is 416 g/mol. The molecule has 2 N–H and O–H groups in total. The van der Waals surface area contributed by atoms with Crippen LogP contribution in [-0.2, 0) is 0 Å². The van der Waals surface area contributed by atoms with Gasteiger partial charge in [-0.2, -0.15) is 0 Å². The lowest BCUT2D eigenvalue weighted by atomic mass is 9.92. The van der Waals surface area contributed by atoms with Gasteiger partial charge in [-0.25, -0.2) is 0 Å². The lowest BCUT2D eigenvalue weighted by molar-refractivity contribution is 0.471. The Morgan fingerprint density at radius 3 is 1.15 bits per heavy atom. The summed E-state index contributed by atoms with van der Waals surface area (Å²) in [6.07, 6.45) is 0. The third-order valence-electron chi connectivity index (χ3n) is 6.48. The highest BCUT2D eigenvalue weighted by Gasteiger charge is 2.16. The van der Waals surface area contributed by atoms with E-state index in [-0.39, 0.29) is 11.5 Å². The molecule has 0 amide bonds. The van der Waals surface area contributed by atoms with Crippen LogP contribution in [-0.4, -0.2) is 10.2 Å². The highest BCUT2D eigenvalue weighted by Crippen LogP contribution is 2.45. The molecule has 6 aromatic carbocycles. The summed E-state index contributed by atoms with van der Waals surface area (Å²) in [5.74, 6) is 0.312. The van der Waals surface area contributed by atoms with Crippen molar-refractivity contribution in [2.75, 3.05) is 0 Å². The number of rotatable bonds is 3. The highest BCUT2D eigenvalue weighted by molar-refractivity contribution is 5.93. The van der Waals surface area contributed by atoms with Crippen LogP contribution in [0.25, 0.3) is 54.9 Å². The minimum Gasteiger partial charge on any atom is -0.507 e. The summed E-state index contributed by atoms with van der Waals surface area (Å²) in [6, 6.07) is 40.0. The highest BCUT2D eigenvalue weighted by atomic mass is 16.3. The van der Waals surface area contributed by atoms with Crippen LogP contribution in [0.15, 0.2) is 121 Å². The van der Waals surface area contributed by atoms with Crippen molar-refractivity contribution in [1.29, 1.82) is 0 Å². The Kier molecular flexibility index (Phi) is 4.78. The van der Waals surface area contributed by atoms with Crippen molar-refractivity contribution in [3.05, 3.63) is 121 Å². The quantitative estimate of drug-likeness (QED) is 0.291. The molecule has 0 aromatic heterocycles. The van der Waals surface area contributed by atoms with Crippen LogP contribution >= 0.6 is 0 Å². The van der Waals surface area contributed by atoms with E-state index in [1.165, 1.54) is 0 Å². The smallest absolute Gasteiger partial charge is 0.131 e. The fourth-order valence-corrected chi connectivity index (χ4v) is 4.70. The molecule has 0 atom stereocenters. The Bertz CT molecular complexity index is 1550. The molecule has 6 aromatic rings. The summed E-state index contributed by atoms with van der Waals surface area (Å²) in [4.78, 5) is 0. The van der Waals surface area contributed by atoms with Crippen molar-refractivity contribution in [2.45, 2.75) is 0 Å². The third-order valence-corrected chi connectivity index (χ3v) is 6.48. The van der Waals surface area contributed by atoms with Gasteiger partial charge in [-0.3, -0.25) is 0 Å². The van der Waals surface area contributed by atoms with Crippen molar-refractivity contribution in [1.82, 2.24) is 0 Å². The molecule has 0 heterocycles. The second kappa shape index (κ2) is 8.09. The average Bonchev–Trinajstić information content (AvgIpc) is 2.89. The van der Waals surface area contributed by atoms with Crippen LogP contribution in [0.3, 0.4) is 0 Å². The zero-order valence-corrected chi connectivity index (χ0v) is 18.4. The minimum atomic E-state index is 0.156. The molecule has 0 saturated carbocycles. The fourth-order valence-electron chi connectivity index (χ4n) is 4.70. The van der Waals surface area contributed by atoms with E-state index in [0.717, 1.165) is 43.8 Å². The first kappa shape index (κ1) is 20.1. The van der Waals surface area contributed by atoms with E-state index in [2.05, 4.69) is 48.5 Å². The third kappa shape index (κ3) is 3.37. The van der Waals surface area contributed by atoms with Crippen LogP contribution in [0.2, 0.25) is 0 Å². The molecular formula is C32H22O2. The number of fused-ring (bicyclic) bond motifs is 2. The van der Waals surface area contributed by atoms with Crippen LogP contribution < -0.4 is 0 Å². The second-order valence-electron chi connectivity index (χ2n) is 8.53. The Labute approximate surface area is 198 Å². The first-order valence-corrected chi connectivity index (χ1v) is 11.3. The van der Waals surface area contributed by atoms with Gasteiger partial charge in [0.15, 0.2) is 0 Å². The van der Waals surface area contributed by atoms with Gasteiger partial charge in [0.05, 0.1) is 0 Å². The minimum absolute atomic E-state index is 0.156. The van der Waals surface area contributed by atoms with Crippen molar-refractivity contribution in [2.24, 2.45) is 0 Å². The lowest BCUT2D eigenvalue weighted by Crippen LogP contribution is -1.88. The van der Waals surface area contributed by atoms with E-state index >= 15 is 0 Å². The van der Waals surface area contributed by atoms with Crippen LogP contribution in [0.4, 0.5) is 0 Å². The monoisotopic (exact) mass is 438 g/mol. The van der Waals surface area contributed by atoms with Gasteiger partial charge in [0, 0.05) is 22.3 Å². The molecule has 0 aliphatic carbocycles. The predicted molar refractivity (Wildman–Crippen MR) is 141 cm³/mol. The summed E-state index contributed by atoms with van der Waals surface area (Å²) in [6.45, 7) is 0. The molecule has 6 rings (SSSR count). The van der Waals surface area contributed by atoms with Gasteiger partial charge in [0.2, 0.25) is 0 Å². The van der Waals surface area contributed by atoms with Crippen LogP contribution in [0.1, 0.15) is 0 Å². The first-order chi connectivity index (χ1) is 16.7. The normalized spacial score (nSPS) is 11.2. The number of para-hydroxylation sites is 2. The molecule has 0 aliphatic rings. The maximum atomic E-state index is 11.3. The Morgan fingerprint density at radius 1 is 0.324 bits per heavy atom. The van der Waals surface area contributed by atoms with E-state index < -0.39 is 0 Å². The maximum absolute atomic E-state index is 11.3. The number of benzene rings is 6. The van der Waals surface area contributed by atoms with Gasteiger partial charge in [0.1, 0.15) is 11.5 Å². The van der Waals surface area contributed by atoms with E-state index in [1.54, 1.807) is 0 Å². The molecule has 34 heavy (non-hydrogen) atoms. The summed E-state index contributed by atoms with van der Waals surface area (Å²) in [5.41, 5.74) is 4.54. The average molecular weight is 439 g/mol. The van der Waals surface area contributed by atoms with E-state index in [0.29, 0.717) is 11.1 Å². The molecule has 0 aliphatic heterocycles. The van der Waals surface area contributed by atoms with Crippen molar-refractivity contribution in [3.63, 3.8) is 0 Å². The fraction of sp³-hybridized carbons (Fsp3) is 0. The van der Waals surface area contributed by atoms with Gasteiger partial charge >= 0.3 is 0 Å². The number of phenols is 2. The summed E-state index contributed by atoms with van der Waals surface area (Å²) in [5, 5.41) is 27.1. The second-order valence-corrected chi connectivity index (χ2v) is 8.53. The SMILES string of the molecule is Oc1c(-c2ccc3ccccc3c2)cccc1-c1cccc(-c2ccc3ccccc3c2)c1O. The van der Waals surface area contributed by atoms with Gasteiger partial charge in [-0.05, 0) is 44.8 Å². The van der Waals surface area contributed by atoms with Gasteiger partial charge in [-0.15, -0.1) is 0 Å². The zero-order chi connectivity index (χ0) is 23.1. The standard InChI is InChI=1S/C32H22O2/c33-31-27(25-17-15-21-7-1-3-9-23(21)19-25)11-5-13-29(31)30-14-6-12-28(32(30)34)26-18-16-22-8-2-4-10-24(22)20-26/h1-20,33-34H. The largest absolute Gasteiger partial charge is 0.507 e. The van der Waals surface area contributed by atoms with Crippen molar-refractivity contribution in [3.8, 4) is 44.9 Å². The molecule has 0 bridgehead atoms. The molecule has 0 unspecified atom stereocenters. The Balaban J connectivity index is 1.47. The summed E-state index contributed by atoms with van der Waals surface area (Å²) >= 11 is 0. The van der Waals surface area contributed by atoms with Crippen molar-refractivity contribution < 1.29 is 10.2 Å². The molecule has 162 valence electrons. The molecule has 2 heteroatoms. The van der Waals surface area contributed by atoms with E-state index in [4.69, 9.17) is 0 Å². The number of hydrogen-bond donors (Lipinski definition) is 2. The molecule has 0 saturated heterocycles. The maximum Gasteiger partial charge on any atom is 0.131 e. The van der Waals surface area contributed by atoms with Crippen LogP contribution in [0.5, 0.6) is 11.5 Å². The zero-order valence-electron chi connectivity index (χ0n) is 18.4. The molecule has 2 nitrogen and oxygen atoms in total. The molecule has 0 fully saturated rings. The van der Waals surface area contributed by atoms with E-state index in [1.807, 2.05) is 72.8 Å². The summed E-state index contributed by atoms with van der Waals surface area (Å²) in [7, 11) is 0. The van der Waals surface area contributed by atoms with E-state index in [9.17, 15) is 10.2 Å². The molecule has 0 spiro atoms. The van der Waals surface area contributed by atoms with Gasteiger partial charge in [0.25, 0.3) is 0 Å². The van der Waals surface area contributed by atoms with Gasteiger partial charge in [-0.1, -0.05) is 109 Å². The Hall–Kier alpha value is -4.56. The summed E-state index contributed by atoms with van der Waals surface area (Å²) < 4.78 is 0. The number of phenolic OH excluding ortho intramolecular Hbond substituents is 2. The van der Waals surface area contributed by atoms with Crippen LogP contribution in [0, 0.1) is 0 Å². The topological polar surface area (TPSA) is 40.5 Å². The first-order valence-electron chi connectivity index (χ1n) is 11.3. The predicted octanol–water partition coefficient (Wildman–Crippen LogP) is 8.41.